The standard InChI is InChI=1S/C16H27N3O2/c1-13(17)6-4-9-16(20)18-14-7-5-8-15(12-14)21-11-10-19(2)3/h5,7-8,12-13H,4,6,9-11,17H2,1-3H3,(H,18,20). The molecule has 1 aromatic rings. The second-order valence-electron chi connectivity index (χ2n) is 5.60. The van der Waals surface area contributed by atoms with E-state index in [4.69, 9.17) is 10.5 Å². The molecule has 0 aliphatic heterocycles. The quantitative estimate of drug-likeness (QED) is 0.731. The Labute approximate surface area is 127 Å². The Kier molecular flexibility index (Phi) is 7.79. The zero-order valence-corrected chi connectivity index (χ0v) is 13.3. The van der Waals surface area contributed by atoms with E-state index in [0.29, 0.717) is 13.0 Å². The molecule has 0 radical (unpaired) electrons. The number of carbonyl (C=O) groups is 1. The number of likely N-dealkylation sites (N-methyl/N-ethyl adjacent to an activating group) is 1. The highest BCUT2D eigenvalue weighted by atomic mass is 16.5. The van der Waals surface area contributed by atoms with Gasteiger partial charge in [-0.15, -0.1) is 0 Å². The maximum atomic E-state index is 11.8. The molecule has 1 aromatic carbocycles. The summed E-state index contributed by atoms with van der Waals surface area (Å²) in [6, 6.07) is 7.62. The van der Waals surface area contributed by atoms with Crippen LogP contribution in [-0.4, -0.2) is 44.1 Å². The van der Waals surface area contributed by atoms with Crippen molar-refractivity contribution in [1.82, 2.24) is 4.90 Å². The maximum absolute atomic E-state index is 11.8. The van der Waals surface area contributed by atoms with Crippen molar-refractivity contribution in [3.8, 4) is 5.75 Å². The van der Waals surface area contributed by atoms with Gasteiger partial charge in [-0.2, -0.15) is 0 Å². The van der Waals surface area contributed by atoms with Crippen molar-refractivity contribution in [2.45, 2.75) is 32.2 Å². The molecule has 0 heterocycles. The highest BCUT2D eigenvalue weighted by molar-refractivity contribution is 5.90. The van der Waals surface area contributed by atoms with Crippen molar-refractivity contribution in [2.75, 3.05) is 32.6 Å². The molecule has 1 rings (SSSR count). The molecule has 0 aliphatic carbocycles. The van der Waals surface area contributed by atoms with Crippen LogP contribution in [0.3, 0.4) is 0 Å². The van der Waals surface area contributed by atoms with Gasteiger partial charge in [0.1, 0.15) is 12.4 Å². The highest BCUT2D eigenvalue weighted by Gasteiger charge is 2.04. The van der Waals surface area contributed by atoms with Crippen molar-refractivity contribution >= 4 is 11.6 Å². The van der Waals surface area contributed by atoms with E-state index in [0.717, 1.165) is 30.8 Å². The Morgan fingerprint density at radius 1 is 1.43 bits per heavy atom. The lowest BCUT2D eigenvalue weighted by molar-refractivity contribution is -0.116. The lowest BCUT2D eigenvalue weighted by Gasteiger charge is -2.12. The summed E-state index contributed by atoms with van der Waals surface area (Å²) in [4.78, 5) is 13.9. The first-order chi connectivity index (χ1) is 9.97. The Morgan fingerprint density at radius 2 is 2.19 bits per heavy atom. The Balaban J connectivity index is 2.39. The van der Waals surface area contributed by atoms with Gasteiger partial charge in [-0.25, -0.2) is 0 Å². The summed E-state index contributed by atoms with van der Waals surface area (Å²) < 4.78 is 5.64. The van der Waals surface area contributed by atoms with Crippen LogP contribution in [0.2, 0.25) is 0 Å². The third kappa shape index (κ3) is 8.32. The van der Waals surface area contributed by atoms with Crippen molar-refractivity contribution < 1.29 is 9.53 Å². The molecule has 0 aliphatic rings. The second kappa shape index (κ2) is 9.37. The Hall–Kier alpha value is -1.59. The average Bonchev–Trinajstić information content (AvgIpc) is 2.38. The zero-order chi connectivity index (χ0) is 15.7. The van der Waals surface area contributed by atoms with E-state index in [1.165, 1.54) is 0 Å². The average molecular weight is 293 g/mol. The first kappa shape index (κ1) is 17.5. The summed E-state index contributed by atoms with van der Waals surface area (Å²) >= 11 is 0. The molecule has 21 heavy (non-hydrogen) atoms. The number of benzene rings is 1. The predicted molar refractivity (Wildman–Crippen MR) is 86.6 cm³/mol. The lowest BCUT2D eigenvalue weighted by atomic mass is 10.1. The van der Waals surface area contributed by atoms with Gasteiger partial charge in [0.05, 0.1) is 0 Å². The van der Waals surface area contributed by atoms with Crippen LogP contribution in [-0.2, 0) is 4.79 Å². The van der Waals surface area contributed by atoms with Crippen molar-refractivity contribution in [3.05, 3.63) is 24.3 Å². The number of rotatable bonds is 9. The number of anilines is 1. The van der Waals surface area contributed by atoms with Crippen molar-refractivity contribution in [2.24, 2.45) is 5.73 Å². The summed E-state index contributed by atoms with van der Waals surface area (Å²) in [6.07, 6.45) is 2.16. The van der Waals surface area contributed by atoms with Crippen LogP contribution in [0.25, 0.3) is 0 Å². The molecule has 3 N–H and O–H groups in total. The van der Waals surface area contributed by atoms with E-state index in [-0.39, 0.29) is 11.9 Å². The summed E-state index contributed by atoms with van der Waals surface area (Å²) in [5.74, 6) is 0.784. The monoisotopic (exact) mass is 293 g/mol. The van der Waals surface area contributed by atoms with Crippen LogP contribution in [0.5, 0.6) is 5.75 Å². The molecule has 118 valence electrons. The highest BCUT2D eigenvalue weighted by Crippen LogP contribution is 2.17. The number of hydrogen-bond acceptors (Lipinski definition) is 4. The van der Waals surface area contributed by atoms with E-state index in [1.54, 1.807) is 0 Å². The molecule has 0 saturated heterocycles. The number of nitrogens with two attached hydrogens (primary N) is 1. The first-order valence-electron chi connectivity index (χ1n) is 7.40. The molecule has 0 spiro atoms. The largest absolute Gasteiger partial charge is 0.492 e. The van der Waals surface area contributed by atoms with Crippen LogP contribution in [0, 0.1) is 0 Å². The van der Waals surface area contributed by atoms with E-state index < -0.39 is 0 Å². The predicted octanol–water partition coefficient (Wildman–Crippen LogP) is 2.08. The third-order valence-electron chi connectivity index (χ3n) is 2.99. The van der Waals surface area contributed by atoms with Gasteiger partial charge >= 0.3 is 0 Å². The van der Waals surface area contributed by atoms with Crippen LogP contribution in [0.1, 0.15) is 26.2 Å². The molecule has 1 atom stereocenters. The minimum Gasteiger partial charge on any atom is -0.492 e. The summed E-state index contributed by atoms with van der Waals surface area (Å²) in [7, 11) is 4.00. The maximum Gasteiger partial charge on any atom is 0.224 e. The van der Waals surface area contributed by atoms with Gasteiger partial charge in [0.2, 0.25) is 5.91 Å². The number of nitrogens with one attached hydrogen (secondary N) is 1. The molecular weight excluding hydrogens is 266 g/mol. The fourth-order valence-corrected chi connectivity index (χ4v) is 1.82. The molecule has 5 nitrogen and oxygen atoms in total. The topological polar surface area (TPSA) is 67.6 Å². The molecule has 0 fully saturated rings. The van der Waals surface area contributed by atoms with E-state index in [1.807, 2.05) is 45.3 Å². The van der Waals surface area contributed by atoms with Crippen LogP contribution in [0.15, 0.2) is 24.3 Å². The van der Waals surface area contributed by atoms with Crippen LogP contribution in [0.4, 0.5) is 5.69 Å². The fraction of sp³-hybridized carbons (Fsp3) is 0.562. The lowest BCUT2D eigenvalue weighted by Crippen LogP contribution is -2.19. The van der Waals surface area contributed by atoms with E-state index in [9.17, 15) is 4.79 Å². The van der Waals surface area contributed by atoms with Gasteiger partial charge in [-0.05, 0) is 46.0 Å². The molecule has 5 heteroatoms. The van der Waals surface area contributed by atoms with Crippen LogP contribution >= 0.6 is 0 Å². The Morgan fingerprint density at radius 3 is 2.86 bits per heavy atom. The summed E-state index contributed by atoms with van der Waals surface area (Å²) in [6.45, 7) is 3.43. The van der Waals surface area contributed by atoms with E-state index >= 15 is 0 Å². The smallest absolute Gasteiger partial charge is 0.224 e. The van der Waals surface area contributed by atoms with Gasteiger partial charge in [-0.3, -0.25) is 4.79 Å². The van der Waals surface area contributed by atoms with Gasteiger partial charge in [0.15, 0.2) is 0 Å². The summed E-state index contributed by atoms with van der Waals surface area (Å²) in [5, 5.41) is 2.89. The zero-order valence-electron chi connectivity index (χ0n) is 13.3. The molecule has 0 aromatic heterocycles. The molecule has 1 amide bonds. The molecule has 1 unspecified atom stereocenters. The summed E-state index contributed by atoms with van der Waals surface area (Å²) in [5.41, 5.74) is 6.43. The number of nitrogens with zero attached hydrogens (tertiary/aromatic N) is 1. The van der Waals surface area contributed by atoms with Crippen molar-refractivity contribution in [1.29, 1.82) is 0 Å². The van der Waals surface area contributed by atoms with Gasteiger partial charge in [0.25, 0.3) is 0 Å². The fourth-order valence-electron chi connectivity index (χ4n) is 1.82. The van der Waals surface area contributed by atoms with Gasteiger partial charge in [-0.1, -0.05) is 6.07 Å². The number of amides is 1. The van der Waals surface area contributed by atoms with Crippen LogP contribution < -0.4 is 15.8 Å². The van der Waals surface area contributed by atoms with Crippen molar-refractivity contribution in [3.63, 3.8) is 0 Å². The van der Waals surface area contributed by atoms with Gasteiger partial charge < -0.3 is 20.7 Å². The number of hydrogen-bond donors (Lipinski definition) is 2. The third-order valence-corrected chi connectivity index (χ3v) is 2.99. The number of carbonyl (C=O) groups excluding carboxylic acids is 1. The molecular formula is C16H27N3O2. The van der Waals surface area contributed by atoms with Gasteiger partial charge in [0, 0.05) is 30.8 Å². The Bertz CT molecular complexity index is 433. The molecule has 0 saturated carbocycles. The SMILES string of the molecule is CC(N)CCCC(=O)Nc1cccc(OCCN(C)C)c1. The normalized spacial score (nSPS) is 12.2. The second-order valence-corrected chi connectivity index (χ2v) is 5.60. The van der Waals surface area contributed by atoms with E-state index in [2.05, 4.69) is 10.2 Å². The first-order valence-corrected chi connectivity index (χ1v) is 7.40. The molecule has 0 bridgehead atoms. The minimum absolute atomic E-state index is 0.0149. The minimum atomic E-state index is 0.0149. The number of ether oxygens (including phenoxy) is 1.